The Kier molecular flexibility index (Phi) is 1.48. The maximum Gasteiger partial charge on any atom is 0.0115 e. The van der Waals surface area contributed by atoms with E-state index in [-0.39, 0.29) is 0 Å². The van der Waals surface area contributed by atoms with E-state index in [2.05, 4.69) is 18.7 Å². The lowest BCUT2D eigenvalue weighted by atomic mass is 9.74. The summed E-state index contributed by atoms with van der Waals surface area (Å²) in [7, 11) is 0. The molecule has 3 fully saturated rings. The van der Waals surface area contributed by atoms with Crippen molar-refractivity contribution in [2.24, 2.45) is 5.92 Å². The molecular formula is C9H17N. The first-order valence-corrected chi connectivity index (χ1v) is 4.57. The molecule has 10 heavy (non-hydrogen) atoms. The van der Waals surface area contributed by atoms with Crippen LogP contribution in [0.1, 0.15) is 33.1 Å². The van der Waals surface area contributed by atoms with Gasteiger partial charge >= 0.3 is 0 Å². The normalized spacial score (nSPS) is 46.8. The minimum atomic E-state index is 0.971. The van der Waals surface area contributed by atoms with Gasteiger partial charge in [0, 0.05) is 12.1 Å². The fourth-order valence-electron chi connectivity index (χ4n) is 2.75. The third-order valence-electron chi connectivity index (χ3n) is 3.20. The highest BCUT2D eigenvalue weighted by Crippen LogP contribution is 2.40. The Labute approximate surface area is 63.4 Å². The highest BCUT2D eigenvalue weighted by atomic mass is 15.2. The summed E-state index contributed by atoms with van der Waals surface area (Å²) in [5.74, 6) is 1.01. The molecule has 1 aliphatic carbocycles. The van der Waals surface area contributed by atoms with Gasteiger partial charge in [-0.2, -0.15) is 0 Å². The minimum Gasteiger partial charge on any atom is -0.298 e. The van der Waals surface area contributed by atoms with Crippen LogP contribution in [0.25, 0.3) is 0 Å². The highest BCUT2D eigenvalue weighted by molar-refractivity contribution is 4.98. The van der Waals surface area contributed by atoms with Crippen LogP contribution in [0.15, 0.2) is 0 Å². The number of rotatable bonds is 1. The average Bonchev–Trinajstić information content (AvgIpc) is 1.87. The van der Waals surface area contributed by atoms with E-state index in [0.29, 0.717) is 0 Å². The number of fused-ring (bicyclic) bond motifs is 2. The zero-order valence-corrected chi connectivity index (χ0v) is 7.01. The molecule has 0 aromatic rings. The van der Waals surface area contributed by atoms with E-state index in [1.807, 2.05) is 0 Å². The Morgan fingerprint density at radius 3 is 2.30 bits per heavy atom. The van der Waals surface area contributed by atoms with Crippen LogP contribution in [0, 0.1) is 5.92 Å². The van der Waals surface area contributed by atoms with Gasteiger partial charge in [0.25, 0.3) is 0 Å². The number of nitrogens with zero attached hydrogens (tertiary/aromatic N) is 1. The van der Waals surface area contributed by atoms with E-state index in [0.717, 1.165) is 18.0 Å². The lowest BCUT2D eigenvalue weighted by Crippen LogP contribution is -2.60. The molecule has 0 N–H and O–H groups in total. The molecule has 0 spiro atoms. The number of hydrogen-bond donors (Lipinski definition) is 0. The number of piperidine rings is 1. The first-order chi connectivity index (χ1) is 4.81. The summed E-state index contributed by atoms with van der Waals surface area (Å²) in [5.41, 5.74) is 0. The molecular weight excluding hydrogens is 122 g/mol. The molecule has 3 rings (SSSR count). The first-order valence-electron chi connectivity index (χ1n) is 4.57. The van der Waals surface area contributed by atoms with Gasteiger partial charge in [-0.1, -0.05) is 13.8 Å². The second-order valence-electron chi connectivity index (χ2n) is 3.95. The molecule has 2 unspecified atom stereocenters. The Hall–Kier alpha value is -0.0400. The zero-order valence-electron chi connectivity index (χ0n) is 7.01. The van der Waals surface area contributed by atoms with Crippen LogP contribution in [0.3, 0.4) is 0 Å². The summed E-state index contributed by atoms with van der Waals surface area (Å²) >= 11 is 0. The topological polar surface area (TPSA) is 3.24 Å². The minimum absolute atomic E-state index is 0.971. The molecule has 0 aromatic heterocycles. The molecule has 1 nitrogen and oxygen atoms in total. The van der Waals surface area contributed by atoms with E-state index in [9.17, 15) is 0 Å². The van der Waals surface area contributed by atoms with E-state index >= 15 is 0 Å². The Morgan fingerprint density at radius 1 is 1.20 bits per heavy atom. The summed E-state index contributed by atoms with van der Waals surface area (Å²) < 4.78 is 0. The summed E-state index contributed by atoms with van der Waals surface area (Å²) in [4.78, 5) is 2.67. The molecule has 2 saturated heterocycles. The van der Waals surface area contributed by atoms with Gasteiger partial charge in [0.1, 0.15) is 0 Å². The molecule has 3 aliphatic rings. The molecule has 1 saturated carbocycles. The molecule has 58 valence electrons. The van der Waals surface area contributed by atoms with E-state index in [1.54, 1.807) is 0 Å². The van der Waals surface area contributed by atoms with Gasteiger partial charge in [0.05, 0.1) is 0 Å². The van der Waals surface area contributed by atoms with Crippen LogP contribution < -0.4 is 0 Å². The first kappa shape index (κ1) is 6.66. The van der Waals surface area contributed by atoms with Crippen molar-refractivity contribution < 1.29 is 0 Å². The van der Waals surface area contributed by atoms with Crippen molar-refractivity contribution in [3.05, 3.63) is 0 Å². The smallest absolute Gasteiger partial charge is 0.0115 e. The third kappa shape index (κ3) is 0.800. The quantitative estimate of drug-likeness (QED) is 0.536. The van der Waals surface area contributed by atoms with Crippen molar-refractivity contribution in [1.29, 1.82) is 0 Å². The summed E-state index contributed by atoms with van der Waals surface area (Å²) in [6.07, 6.45) is 4.42. The maximum absolute atomic E-state index is 2.67. The predicted octanol–water partition coefficient (Wildman–Crippen LogP) is 1.88. The van der Waals surface area contributed by atoms with Gasteiger partial charge in [-0.3, -0.25) is 4.90 Å². The third-order valence-corrected chi connectivity index (χ3v) is 3.20. The second-order valence-corrected chi connectivity index (χ2v) is 3.95. The van der Waals surface area contributed by atoms with Crippen LogP contribution in [0.2, 0.25) is 0 Å². The van der Waals surface area contributed by atoms with Gasteiger partial charge in [-0.15, -0.1) is 0 Å². The van der Waals surface area contributed by atoms with Crippen molar-refractivity contribution in [3.63, 3.8) is 0 Å². The van der Waals surface area contributed by atoms with Crippen molar-refractivity contribution in [1.82, 2.24) is 4.90 Å². The zero-order chi connectivity index (χ0) is 7.14. The van der Waals surface area contributed by atoms with Crippen molar-refractivity contribution in [3.8, 4) is 0 Å². The molecule has 2 atom stereocenters. The SMILES string of the molecule is CCN1C2CC(C)CC1C2. The van der Waals surface area contributed by atoms with Crippen molar-refractivity contribution in [2.45, 2.75) is 45.2 Å². The largest absolute Gasteiger partial charge is 0.298 e. The van der Waals surface area contributed by atoms with E-state index in [4.69, 9.17) is 0 Å². The fourth-order valence-corrected chi connectivity index (χ4v) is 2.75. The lowest BCUT2D eigenvalue weighted by Gasteiger charge is -2.54. The van der Waals surface area contributed by atoms with E-state index in [1.165, 1.54) is 25.8 Å². The van der Waals surface area contributed by atoms with Gasteiger partial charge < -0.3 is 0 Å². The Morgan fingerprint density at radius 2 is 1.80 bits per heavy atom. The van der Waals surface area contributed by atoms with Crippen LogP contribution >= 0.6 is 0 Å². The lowest BCUT2D eigenvalue weighted by molar-refractivity contribution is -0.0436. The highest BCUT2D eigenvalue weighted by Gasteiger charge is 2.42. The monoisotopic (exact) mass is 139 g/mol. The van der Waals surface area contributed by atoms with Crippen molar-refractivity contribution in [2.75, 3.05) is 6.54 Å². The Balaban J connectivity index is 1.96. The van der Waals surface area contributed by atoms with Gasteiger partial charge in [0.15, 0.2) is 0 Å². The van der Waals surface area contributed by atoms with Gasteiger partial charge in [-0.25, -0.2) is 0 Å². The van der Waals surface area contributed by atoms with Crippen LogP contribution in [-0.2, 0) is 0 Å². The molecule has 1 heteroatoms. The molecule has 2 heterocycles. The molecule has 2 aliphatic heterocycles. The summed E-state index contributed by atoms with van der Waals surface area (Å²) in [6, 6.07) is 1.94. The van der Waals surface area contributed by atoms with Crippen molar-refractivity contribution >= 4 is 0 Å². The molecule has 2 bridgehead atoms. The van der Waals surface area contributed by atoms with E-state index < -0.39 is 0 Å². The van der Waals surface area contributed by atoms with Gasteiger partial charge in [-0.05, 0) is 31.7 Å². The Bertz CT molecular complexity index is 121. The standard InChI is InChI=1S/C9H17N/c1-3-10-8-4-7(2)5-9(10)6-8/h7-9H,3-6H2,1-2H3. The summed E-state index contributed by atoms with van der Waals surface area (Å²) in [6.45, 7) is 5.96. The van der Waals surface area contributed by atoms with Crippen LogP contribution in [0.5, 0.6) is 0 Å². The maximum atomic E-state index is 2.67. The number of hydrogen-bond acceptors (Lipinski definition) is 1. The summed E-state index contributed by atoms with van der Waals surface area (Å²) in [5, 5.41) is 0. The fraction of sp³-hybridized carbons (Fsp3) is 1.00. The molecule has 0 amide bonds. The molecule has 0 radical (unpaired) electrons. The predicted molar refractivity (Wildman–Crippen MR) is 43.0 cm³/mol. The van der Waals surface area contributed by atoms with Gasteiger partial charge in [0.2, 0.25) is 0 Å². The average molecular weight is 139 g/mol. The second kappa shape index (κ2) is 2.23. The van der Waals surface area contributed by atoms with Crippen LogP contribution in [-0.4, -0.2) is 23.5 Å². The van der Waals surface area contributed by atoms with Crippen LogP contribution in [0.4, 0.5) is 0 Å². The molecule has 0 aromatic carbocycles.